The maximum Gasteiger partial charge on any atom is 0.243 e. The number of aliphatic imine (C=N–C) groups is 1. The molecule has 0 aromatic rings. The number of hydrogen-bond acceptors (Lipinski definition) is 3. The number of unbranched alkanes of at least 4 members (excludes halogenated alkanes) is 1. The van der Waals surface area contributed by atoms with E-state index >= 15 is 0 Å². The maximum absolute atomic E-state index is 12.5. The summed E-state index contributed by atoms with van der Waals surface area (Å²) in [5.74, 6) is 1.13. The Balaban J connectivity index is 2.57. The second kappa shape index (κ2) is 12.6. The lowest BCUT2D eigenvalue weighted by Crippen LogP contribution is -2.51. The van der Waals surface area contributed by atoms with Crippen LogP contribution >= 0.6 is 0 Å². The van der Waals surface area contributed by atoms with Crippen LogP contribution in [0.25, 0.3) is 0 Å². The van der Waals surface area contributed by atoms with Gasteiger partial charge in [-0.2, -0.15) is 0 Å². The number of piperidine rings is 1. The van der Waals surface area contributed by atoms with E-state index in [0.717, 1.165) is 58.2 Å². The molecule has 1 heterocycles. The van der Waals surface area contributed by atoms with Gasteiger partial charge < -0.3 is 20.4 Å². The van der Waals surface area contributed by atoms with E-state index in [2.05, 4.69) is 36.4 Å². The van der Waals surface area contributed by atoms with Crippen molar-refractivity contribution >= 4 is 17.8 Å². The topological polar surface area (TPSA) is 77.0 Å². The van der Waals surface area contributed by atoms with Crippen LogP contribution in [-0.2, 0) is 9.59 Å². The number of likely N-dealkylation sites (N-methyl/N-ethyl adjacent to an activating group) is 1. The molecule has 1 aliphatic rings. The van der Waals surface area contributed by atoms with Gasteiger partial charge in [-0.1, -0.05) is 27.2 Å². The van der Waals surface area contributed by atoms with Crippen molar-refractivity contribution < 1.29 is 9.59 Å². The highest BCUT2D eigenvalue weighted by Crippen LogP contribution is 2.17. The minimum atomic E-state index is -0.0165. The van der Waals surface area contributed by atoms with Gasteiger partial charge in [-0.05, 0) is 32.1 Å². The van der Waals surface area contributed by atoms with Crippen molar-refractivity contribution in [1.29, 1.82) is 0 Å². The Bertz CT molecular complexity index is 481. The zero-order chi connectivity index (χ0) is 20.2. The van der Waals surface area contributed by atoms with Crippen molar-refractivity contribution in [3.05, 3.63) is 0 Å². The van der Waals surface area contributed by atoms with E-state index in [4.69, 9.17) is 0 Å². The molecule has 2 N–H and O–H groups in total. The molecule has 1 fully saturated rings. The molecule has 156 valence electrons. The van der Waals surface area contributed by atoms with Gasteiger partial charge in [-0.15, -0.1) is 0 Å². The number of nitrogens with one attached hydrogen (secondary N) is 2. The SMILES string of the molecule is CCCCNC(=NCC(=O)N(C)C)NC1CCN(C(=O)C(CC)CC)CC1. The van der Waals surface area contributed by atoms with Crippen LogP contribution in [-0.4, -0.2) is 73.9 Å². The van der Waals surface area contributed by atoms with Crippen LogP contribution in [0.4, 0.5) is 0 Å². The standard InChI is InChI=1S/C20H39N5O2/c1-6-9-12-21-20(22-15-18(26)24(4)5)23-17-10-13-25(14-11-17)19(27)16(7-2)8-3/h16-17H,6-15H2,1-5H3,(H2,21,22,23). The highest BCUT2D eigenvalue weighted by atomic mass is 16.2. The summed E-state index contributed by atoms with van der Waals surface area (Å²) >= 11 is 0. The normalized spacial score (nSPS) is 15.8. The Kier molecular flexibility index (Phi) is 10.8. The number of carbonyl (C=O) groups is 2. The summed E-state index contributed by atoms with van der Waals surface area (Å²) < 4.78 is 0. The molecule has 0 spiro atoms. The summed E-state index contributed by atoms with van der Waals surface area (Å²) in [6.07, 6.45) is 5.79. The third kappa shape index (κ3) is 8.18. The largest absolute Gasteiger partial charge is 0.356 e. The van der Waals surface area contributed by atoms with Gasteiger partial charge in [0.25, 0.3) is 0 Å². The molecule has 7 nitrogen and oxygen atoms in total. The summed E-state index contributed by atoms with van der Waals surface area (Å²) in [5, 5.41) is 6.78. The van der Waals surface area contributed by atoms with Gasteiger partial charge in [0.05, 0.1) is 0 Å². The molecule has 7 heteroatoms. The molecule has 0 atom stereocenters. The smallest absolute Gasteiger partial charge is 0.243 e. The number of nitrogens with zero attached hydrogens (tertiary/aromatic N) is 3. The van der Waals surface area contributed by atoms with Crippen LogP contribution in [0.5, 0.6) is 0 Å². The van der Waals surface area contributed by atoms with Crippen LogP contribution in [0.3, 0.4) is 0 Å². The second-order valence-electron chi connectivity index (χ2n) is 7.49. The molecule has 27 heavy (non-hydrogen) atoms. The first-order chi connectivity index (χ1) is 12.9. The van der Waals surface area contributed by atoms with Crippen molar-refractivity contribution in [3.63, 3.8) is 0 Å². The molecule has 1 rings (SSSR count). The van der Waals surface area contributed by atoms with Gasteiger partial charge in [0.15, 0.2) is 5.96 Å². The summed E-state index contributed by atoms with van der Waals surface area (Å²) in [7, 11) is 3.48. The van der Waals surface area contributed by atoms with E-state index in [1.54, 1.807) is 19.0 Å². The zero-order valence-corrected chi connectivity index (χ0v) is 17.9. The lowest BCUT2D eigenvalue weighted by atomic mass is 9.98. The van der Waals surface area contributed by atoms with Gasteiger partial charge in [0.2, 0.25) is 11.8 Å². The van der Waals surface area contributed by atoms with E-state index in [0.29, 0.717) is 11.9 Å². The third-order valence-electron chi connectivity index (χ3n) is 5.18. The van der Waals surface area contributed by atoms with Gasteiger partial charge in [-0.3, -0.25) is 9.59 Å². The quantitative estimate of drug-likeness (QED) is 0.363. The average molecular weight is 382 g/mol. The van der Waals surface area contributed by atoms with Crippen LogP contribution in [0.1, 0.15) is 59.3 Å². The van der Waals surface area contributed by atoms with Crippen LogP contribution in [0.15, 0.2) is 4.99 Å². The molecule has 0 radical (unpaired) electrons. The van der Waals surface area contributed by atoms with Gasteiger partial charge in [-0.25, -0.2) is 4.99 Å². The summed E-state index contributed by atoms with van der Waals surface area (Å²) in [6, 6.07) is 0.276. The number of likely N-dealkylation sites (tertiary alicyclic amines) is 1. The third-order valence-corrected chi connectivity index (χ3v) is 5.18. The number of hydrogen-bond donors (Lipinski definition) is 2. The van der Waals surface area contributed by atoms with Crippen molar-refractivity contribution in [1.82, 2.24) is 20.4 Å². The fraction of sp³-hybridized carbons (Fsp3) is 0.850. The number of amides is 2. The fourth-order valence-corrected chi connectivity index (χ4v) is 3.16. The minimum Gasteiger partial charge on any atom is -0.356 e. The molecular weight excluding hydrogens is 342 g/mol. The number of carbonyl (C=O) groups excluding carboxylic acids is 2. The van der Waals surface area contributed by atoms with Crippen molar-refractivity contribution in [2.45, 2.75) is 65.3 Å². The molecule has 1 aliphatic heterocycles. The molecule has 0 aromatic heterocycles. The summed E-state index contributed by atoms with van der Waals surface area (Å²) in [6.45, 7) is 8.86. The Labute approximate surface area is 165 Å². The van der Waals surface area contributed by atoms with E-state index in [-0.39, 0.29) is 24.4 Å². The van der Waals surface area contributed by atoms with Gasteiger partial charge >= 0.3 is 0 Å². The van der Waals surface area contributed by atoms with Crippen LogP contribution in [0.2, 0.25) is 0 Å². The first kappa shape index (κ1) is 23.2. The molecule has 1 saturated heterocycles. The Morgan fingerprint density at radius 1 is 1.15 bits per heavy atom. The van der Waals surface area contributed by atoms with Crippen LogP contribution < -0.4 is 10.6 Å². The first-order valence-corrected chi connectivity index (χ1v) is 10.5. The lowest BCUT2D eigenvalue weighted by Gasteiger charge is -2.35. The molecule has 0 aliphatic carbocycles. The van der Waals surface area contributed by atoms with E-state index in [1.165, 1.54) is 0 Å². The van der Waals surface area contributed by atoms with E-state index in [1.807, 2.05) is 4.90 Å². The predicted octanol–water partition coefficient (Wildman–Crippen LogP) is 1.84. The maximum atomic E-state index is 12.5. The number of guanidine groups is 1. The highest BCUT2D eigenvalue weighted by molar-refractivity contribution is 5.85. The van der Waals surface area contributed by atoms with Gasteiger partial charge in [0, 0.05) is 45.7 Å². The Hall–Kier alpha value is -1.79. The summed E-state index contributed by atoms with van der Waals surface area (Å²) in [4.78, 5) is 32.4. The van der Waals surface area contributed by atoms with E-state index in [9.17, 15) is 9.59 Å². The molecule has 0 bridgehead atoms. The molecule has 0 aromatic carbocycles. The van der Waals surface area contributed by atoms with Crippen molar-refractivity contribution in [2.75, 3.05) is 40.3 Å². The molecule has 0 saturated carbocycles. The van der Waals surface area contributed by atoms with Gasteiger partial charge in [0.1, 0.15) is 6.54 Å². The average Bonchev–Trinajstić information content (AvgIpc) is 2.67. The second-order valence-corrected chi connectivity index (χ2v) is 7.49. The fourth-order valence-electron chi connectivity index (χ4n) is 3.16. The predicted molar refractivity (Wildman–Crippen MR) is 111 cm³/mol. The van der Waals surface area contributed by atoms with Crippen LogP contribution in [0, 0.1) is 5.92 Å². The Morgan fingerprint density at radius 3 is 2.30 bits per heavy atom. The minimum absolute atomic E-state index is 0.0165. The van der Waals surface area contributed by atoms with E-state index < -0.39 is 0 Å². The molecular formula is C20H39N5O2. The molecule has 2 amide bonds. The monoisotopic (exact) mass is 381 g/mol. The summed E-state index contributed by atoms with van der Waals surface area (Å²) in [5.41, 5.74) is 0. The zero-order valence-electron chi connectivity index (χ0n) is 17.9. The van der Waals surface area contributed by atoms with Crippen molar-refractivity contribution in [2.24, 2.45) is 10.9 Å². The lowest BCUT2D eigenvalue weighted by molar-refractivity contribution is -0.136. The highest BCUT2D eigenvalue weighted by Gasteiger charge is 2.26. The Morgan fingerprint density at radius 2 is 1.78 bits per heavy atom. The van der Waals surface area contributed by atoms with Crippen molar-refractivity contribution in [3.8, 4) is 0 Å². The first-order valence-electron chi connectivity index (χ1n) is 10.5. The molecule has 0 unspecified atom stereocenters. The number of rotatable bonds is 9.